The number of phenolic OH excluding ortho intramolecular Hbond substituents is 2. The molecule has 3 aromatic heterocycles. The molecule has 7 rings (SSSR count). The standard InChI is InChI=1S/C17H10I2O5.C17H8I2O4.CH3I/c18-10-5-8(6-11(19)17(10)23)16(22)15-9-3-1-2-4-12(9)24-13(15)7-14(20)21;18-10-5-8(6-11(19)16(10)21)17-15-9-3-1-2-4-12(9)22-13(15)7-14(20)23-17;1-2/h1-6,23H,7H2,(H,20,21);1-7,21H;1H3/i;;1D. The van der Waals surface area contributed by atoms with E-state index in [-0.39, 0.29) is 35.0 Å². The van der Waals surface area contributed by atoms with Crippen LogP contribution in [0, 0.1) is 14.3 Å². The zero-order valence-electron chi connectivity index (χ0n) is 25.6. The Morgan fingerprint density at radius 3 is 1.82 bits per heavy atom. The van der Waals surface area contributed by atoms with E-state index in [1.165, 1.54) is 6.07 Å². The molecule has 0 aliphatic carbocycles. The fraction of sp³-hybridized carbons (Fsp3) is 0.0571. The summed E-state index contributed by atoms with van der Waals surface area (Å²) < 4.78 is 25.5. The first-order valence-corrected chi connectivity index (χ1v) is 19.6. The Kier molecular flexibility index (Phi) is 12.1. The minimum Gasteiger partial charge on any atom is -0.506 e. The third kappa shape index (κ3) is 8.06. The third-order valence-electron chi connectivity index (χ3n) is 7.07. The van der Waals surface area contributed by atoms with Crippen molar-refractivity contribution in [2.24, 2.45) is 0 Å². The van der Waals surface area contributed by atoms with Crippen molar-refractivity contribution in [2.45, 2.75) is 6.42 Å². The maximum Gasteiger partial charge on any atom is 0.340 e. The van der Waals surface area contributed by atoms with E-state index in [1.54, 1.807) is 48.5 Å². The average Bonchev–Trinajstić information content (AvgIpc) is 3.62. The lowest BCUT2D eigenvalue weighted by atomic mass is 9.99. The van der Waals surface area contributed by atoms with Crippen LogP contribution in [0.4, 0.5) is 0 Å². The highest BCUT2D eigenvalue weighted by atomic mass is 127. The summed E-state index contributed by atoms with van der Waals surface area (Å²) in [6.07, 6.45) is -0.373. The Bertz CT molecular complexity index is 2420. The minimum absolute atomic E-state index is 0.121. The molecule has 0 atom stereocenters. The lowest BCUT2D eigenvalue weighted by Crippen LogP contribution is -2.08. The van der Waals surface area contributed by atoms with Crippen molar-refractivity contribution in [2.75, 3.05) is 4.91 Å². The first-order chi connectivity index (χ1) is 23.8. The molecule has 3 heterocycles. The SMILES string of the molecule is O=C(O)Cc1oc2ccccc2c1C(=O)c1cc(I)c(O)c(I)c1.O=c1cc2oc3ccccc3c2c(-c2cc(I)c(O)c(I)c2)o1.[2H]CI. The molecule has 3 N–H and O–H groups in total. The number of hydrogen-bond acceptors (Lipinski definition) is 8. The Morgan fingerprint density at radius 2 is 1.24 bits per heavy atom. The molecule has 9 nitrogen and oxygen atoms in total. The molecule has 0 saturated carbocycles. The topological polar surface area (TPSA) is 151 Å². The molecule has 4 aromatic carbocycles. The molecule has 0 amide bonds. The number of ketones is 1. The van der Waals surface area contributed by atoms with E-state index in [2.05, 4.69) is 45.2 Å². The van der Waals surface area contributed by atoms with E-state index >= 15 is 0 Å². The first kappa shape index (κ1) is 36.4. The Balaban J connectivity index is 0.000000180. The van der Waals surface area contributed by atoms with Gasteiger partial charge in [0.1, 0.15) is 46.2 Å². The molecule has 7 aromatic rings. The lowest BCUT2D eigenvalue weighted by Gasteiger charge is -2.06. The summed E-state index contributed by atoms with van der Waals surface area (Å²) in [6.45, 7) is 0. The monoisotopic (exact) mass is 1220 g/mol. The smallest absolute Gasteiger partial charge is 0.340 e. The van der Waals surface area contributed by atoms with Crippen molar-refractivity contribution in [1.82, 2.24) is 0 Å². The van der Waals surface area contributed by atoms with Crippen LogP contribution in [-0.4, -0.2) is 32.0 Å². The largest absolute Gasteiger partial charge is 0.506 e. The van der Waals surface area contributed by atoms with Gasteiger partial charge in [0.25, 0.3) is 0 Å². The molecule has 0 saturated heterocycles. The number of carbonyl (C=O) groups is 2. The van der Waals surface area contributed by atoms with Gasteiger partial charge in [-0.1, -0.05) is 59.0 Å². The highest BCUT2D eigenvalue weighted by molar-refractivity contribution is 14.1. The molecule has 250 valence electrons. The van der Waals surface area contributed by atoms with Crippen LogP contribution in [0.1, 0.15) is 23.1 Å². The number of benzene rings is 4. The van der Waals surface area contributed by atoms with Gasteiger partial charge in [-0.15, -0.1) is 0 Å². The fourth-order valence-corrected chi connectivity index (χ4v) is 8.57. The summed E-state index contributed by atoms with van der Waals surface area (Å²) in [7, 11) is 0. The number of halogens is 5. The van der Waals surface area contributed by atoms with E-state index < -0.39 is 11.6 Å². The number of para-hydroxylation sites is 2. The minimum atomic E-state index is -1.07. The number of alkyl halides is 1. The summed E-state index contributed by atoms with van der Waals surface area (Å²) in [5.41, 5.74) is 2.56. The molecule has 49 heavy (non-hydrogen) atoms. The van der Waals surface area contributed by atoms with Crippen LogP contribution in [0.2, 0.25) is 0 Å². The number of fused-ring (bicyclic) bond motifs is 4. The number of carbonyl (C=O) groups excluding carboxylic acids is 1. The zero-order chi connectivity index (χ0) is 36.3. The molecule has 0 bridgehead atoms. The van der Waals surface area contributed by atoms with E-state index in [4.69, 9.17) is 19.7 Å². The Morgan fingerprint density at radius 1 is 0.735 bits per heavy atom. The molecule has 0 unspecified atom stereocenters. The Labute approximate surface area is 347 Å². The Hall–Kier alpha value is -2.44. The average molecular weight is 1220 g/mol. The van der Waals surface area contributed by atoms with Gasteiger partial charge in [-0.3, -0.25) is 9.59 Å². The fourth-order valence-electron chi connectivity index (χ4n) is 5.04. The summed E-state index contributed by atoms with van der Waals surface area (Å²) in [5.74, 6) is -0.470. The number of furan rings is 2. The number of carboxylic acid groups (broad SMARTS) is 1. The van der Waals surface area contributed by atoms with Crippen LogP contribution in [0.5, 0.6) is 11.5 Å². The lowest BCUT2D eigenvalue weighted by molar-refractivity contribution is -0.136. The highest BCUT2D eigenvalue weighted by Crippen LogP contribution is 2.38. The molecule has 0 fully saturated rings. The van der Waals surface area contributed by atoms with Crippen molar-refractivity contribution in [3.05, 3.63) is 120 Å². The van der Waals surface area contributed by atoms with E-state index in [0.29, 0.717) is 52.6 Å². The van der Waals surface area contributed by atoms with Crippen molar-refractivity contribution in [3.63, 3.8) is 0 Å². The maximum absolute atomic E-state index is 13.0. The number of aliphatic carboxylic acids is 1. The maximum atomic E-state index is 13.0. The van der Waals surface area contributed by atoms with Crippen molar-refractivity contribution >= 4 is 158 Å². The second-order valence-electron chi connectivity index (χ2n) is 10.1. The number of hydrogen-bond donors (Lipinski definition) is 3. The predicted molar refractivity (Wildman–Crippen MR) is 229 cm³/mol. The molecule has 0 aliphatic heterocycles. The second-order valence-corrected chi connectivity index (χ2v) is 14.8. The van der Waals surface area contributed by atoms with Crippen molar-refractivity contribution in [1.29, 1.82) is 0 Å². The van der Waals surface area contributed by atoms with Crippen LogP contribution in [0.25, 0.3) is 44.2 Å². The molecule has 0 aliphatic rings. The number of rotatable bonds is 5. The molecular formula is C35H21I5O9. The summed E-state index contributed by atoms with van der Waals surface area (Å²) in [6, 6.07) is 22.6. The van der Waals surface area contributed by atoms with Gasteiger partial charge in [-0.2, -0.15) is 0 Å². The van der Waals surface area contributed by atoms with Crippen LogP contribution in [-0.2, 0) is 11.2 Å². The van der Waals surface area contributed by atoms with Crippen molar-refractivity contribution < 1.29 is 39.5 Å². The van der Waals surface area contributed by atoms with Gasteiger partial charge in [-0.05, 0) is 132 Å². The van der Waals surface area contributed by atoms with Crippen LogP contribution < -0.4 is 5.63 Å². The van der Waals surface area contributed by atoms with Gasteiger partial charge in [0.05, 0.1) is 31.3 Å². The van der Waals surface area contributed by atoms with Crippen LogP contribution in [0.15, 0.2) is 96.9 Å². The second kappa shape index (κ2) is 16.3. The zero-order valence-corrected chi connectivity index (χ0v) is 35.4. The number of aromatic hydroxyl groups is 2. The first-order valence-electron chi connectivity index (χ1n) is 14.5. The molecule has 0 spiro atoms. The van der Waals surface area contributed by atoms with Gasteiger partial charge < -0.3 is 28.6 Å². The molecule has 14 heteroatoms. The molecular weight excluding hydrogens is 1200 g/mol. The summed E-state index contributed by atoms with van der Waals surface area (Å²) >= 11 is 9.96. The van der Waals surface area contributed by atoms with E-state index in [0.717, 1.165) is 16.3 Å². The summed E-state index contributed by atoms with van der Waals surface area (Å²) in [5, 5.41) is 31.1. The number of carboxylic acids is 1. The summed E-state index contributed by atoms with van der Waals surface area (Å²) in [4.78, 5) is 36.5. The van der Waals surface area contributed by atoms with E-state index in [1.807, 2.05) is 92.0 Å². The van der Waals surface area contributed by atoms with Crippen LogP contribution >= 0.6 is 113 Å². The van der Waals surface area contributed by atoms with Gasteiger partial charge >= 0.3 is 11.6 Å². The van der Waals surface area contributed by atoms with E-state index in [9.17, 15) is 24.6 Å². The molecule has 0 radical (unpaired) electrons. The van der Waals surface area contributed by atoms with Gasteiger partial charge in [0, 0.05) is 23.3 Å². The van der Waals surface area contributed by atoms with Gasteiger partial charge in [0.2, 0.25) is 0 Å². The number of phenols is 2. The van der Waals surface area contributed by atoms with Crippen LogP contribution in [0.3, 0.4) is 0 Å². The van der Waals surface area contributed by atoms with Gasteiger partial charge in [0.15, 0.2) is 5.78 Å². The third-order valence-corrected chi connectivity index (χ3v) is 10.4. The predicted octanol–water partition coefficient (Wildman–Crippen LogP) is 10.4. The highest BCUT2D eigenvalue weighted by Gasteiger charge is 2.25. The van der Waals surface area contributed by atoms with Gasteiger partial charge in [-0.25, -0.2) is 4.79 Å². The van der Waals surface area contributed by atoms with Crippen molar-refractivity contribution in [3.8, 4) is 22.8 Å². The quantitative estimate of drug-likeness (QED) is 0.0869. The normalized spacial score (nSPS) is 11.1.